The Bertz CT molecular complexity index is 1370. The molecule has 3 heterocycles. The summed E-state index contributed by atoms with van der Waals surface area (Å²) in [4.78, 5) is 16.1. The minimum atomic E-state index is 0.754. The summed E-state index contributed by atoms with van der Waals surface area (Å²) in [5, 5.41) is 8.59. The molecule has 0 fully saturated rings. The SMILES string of the molecule is c1ccc2[nH]c(-c3ccc4[nH]nc(-c5nc6ccccc6[nH]5)c4c3)nc2c1. The number of hydrogen-bond acceptors (Lipinski definition) is 3. The summed E-state index contributed by atoms with van der Waals surface area (Å²) in [6.07, 6.45) is 0. The van der Waals surface area contributed by atoms with Crippen LogP contribution < -0.4 is 0 Å². The standard InChI is InChI=1S/C21H14N6/c1-2-6-16-15(5-1)22-20(23-16)12-9-10-14-13(11-12)19(27-26-14)21-24-17-7-3-4-8-18(17)25-21/h1-11H,(H,22,23)(H,24,25)(H,26,27). The molecular formula is C21H14N6. The van der Waals surface area contributed by atoms with Crippen LogP contribution in [0.25, 0.3) is 55.9 Å². The highest BCUT2D eigenvalue weighted by atomic mass is 15.1. The average molecular weight is 350 g/mol. The van der Waals surface area contributed by atoms with E-state index in [2.05, 4.69) is 31.2 Å². The summed E-state index contributed by atoms with van der Waals surface area (Å²) in [5.41, 5.74) is 6.69. The number of benzene rings is 3. The fourth-order valence-electron chi connectivity index (χ4n) is 3.50. The van der Waals surface area contributed by atoms with Gasteiger partial charge in [0.25, 0.3) is 0 Å². The van der Waals surface area contributed by atoms with E-state index in [1.54, 1.807) is 0 Å². The lowest BCUT2D eigenvalue weighted by molar-refractivity contribution is 1.11. The van der Waals surface area contributed by atoms with Crippen LogP contribution >= 0.6 is 0 Å². The van der Waals surface area contributed by atoms with Crippen molar-refractivity contribution in [3.05, 3.63) is 66.7 Å². The van der Waals surface area contributed by atoms with Crippen molar-refractivity contribution in [2.24, 2.45) is 0 Å². The predicted molar refractivity (Wildman–Crippen MR) is 106 cm³/mol. The van der Waals surface area contributed by atoms with Crippen molar-refractivity contribution in [3.8, 4) is 22.9 Å². The second-order valence-corrected chi connectivity index (χ2v) is 6.54. The van der Waals surface area contributed by atoms with Crippen LogP contribution in [0.2, 0.25) is 0 Å². The van der Waals surface area contributed by atoms with E-state index in [1.165, 1.54) is 0 Å². The van der Waals surface area contributed by atoms with Crippen molar-refractivity contribution in [2.45, 2.75) is 0 Å². The van der Waals surface area contributed by atoms with Crippen molar-refractivity contribution in [1.82, 2.24) is 30.1 Å². The van der Waals surface area contributed by atoms with Crippen LogP contribution in [0, 0.1) is 0 Å². The van der Waals surface area contributed by atoms with E-state index < -0.39 is 0 Å². The Hall–Kier alpha value is -3.93. The Kier molecular flexibility index (Phi) is 2.79. The third-order valence-electron chi connectivity index (χ3n) is 4.84. The predicted octanol–water partition coefficient (Wildman–Crippen LogP) is 4.65. The molecule has 0 spiro atoms. The molecule has 3 N–H and O–H groups in total. The number of aromatic amines is 3. The van der Waals surface area contributed by atoms with Gasteiger partial charge in [0, 0.05) is 10.9 Å². The zero-order valence-corrected chi connectivity index (χ0v) is 14.2. The molecule has 3 aromatic heterocycles. The van der Waals surface area contributed by atoms with E-state index in [0.29, 0.717) is 0 Å². The van der Waals surface area contributed by atoms with Crippen molar-refractivity contribution in [2.75, 3.05) is 0 Å². The first-order valence-corrected chi connectivity index (χ1v) is 8.73. The molecule has 128 valence electrons. The average Bonchev–Trinajstić information content (AvgIpc) is 3.42. The fraction of sp³-hybridized carbons (Fsp3) is 0. The summed E-state index contributed by atoms with van der Waals surface area (Å²) in [5.74, 6) is 1.60. The zero-order valence-electron chi connectivity index (χ0n) is 14.2. The van der Waals surface area contributed by atoms with E-state index in [1.807, 2.05) is 60.7 Å². The van der Waals surface area contributed by atoms with Gasteiger partial charge in [-0.1, -0.05) is 24.3 Å². The van der Waals surface area contributed by atoms with Crippen LogP contribution in [0.4, 0.5) is 0 Å². The van der Waals surface area contributed by atoms with Gasteiger partial charge in [-0.05, 0) is 42.5 Å². The van der Waals surface area contributed by atoms with Crippen LogP contribution in [0.5, 0.6) is 0 Å². The van der Waals surface area contributed by atoms with Crippen molar-refractivity contribution in [1.29, 1.82) is 0 Å². The highest BCUT2D eigenvalue weighted by molar-refractivity contribution is 5.95. The van der Waals surface area contributed by atoms with Gasteiger partial charge in [-0.2, -0.15) is 5.10 Å². The molecule has 0 unspecified atom stereocenters. The molecule has 6 aromatic rings. The van der Waals surface area contributed by atoms with Gasteiger partial charge in [0.15, 0.2) is 5.82 Å². The molecule has 6 rings (SSSR count). The number of imidazole rings is 2. The molecular weight excluding hydrogens is 336 g/mol. The largest absolute Gasteiger partial charge is 0.338 e. The maximum absolute atomic E-state index is 4.70. The van der Waals surface area contributed by atoms with Gasteiger partial charge in [0.1, 0.15) is 11.5 Å². The third-order valence-corrected chi connectivity index (χ3v) is 4.84. The van der Waals surface area contributed by atoms with Gasteiger partial charge < -0.3 is 9.97 Å². The van der Waals surface area contributed by atoms with Crippen molar-refractivity contribution in [3.63, 3.8) is 0 Å². The van der Waals surface area contributed by atoms with Crippen LogP contribution in [-0.4, -0.2) is 30.1 Å². The smallest absolute Gasteiger partial charge is 0.159 e. The monoisotopic (exact) mass is 350 g/mol. The number of fused-ring (bicyclic) bond motifs is 3. The number of rotatable bonds is 2. The Balaban J connectivity index is 1.54. The minimum Gasteiger partial charge on any atom is -0.338 e. The second-order valence-electron chi connectivity index (χ2n) is 6.54. The lowest BCUT2D eigenvalue weighted by atomic mass is 10.1. The molecule has 0 aliphatic rings. The van der Waals surface area contributed by atoms with Crippen LogP contribution in [0.1, 0.15) is 0 Å². The van der Waals surface area contributed by atoms with E-state index in [0.717, 1.165) is 55.9 Å². The molecule has 27 heavy (non-hydrogen) atoms. The topological polar surface area (TPSA) is 86.0 Å². The summed E-state index contributed by atoms with van der Waals surface area (Å²) in [6.45, 7) is 0. The number of para-hydroxylation sites is 4. The molecule has 0 saturated carbocycles. The van der Waals surface area contributed by atoms with Gasteiger partial charge in [-0.3, -0.25) is 5.10 Å². The number of aromatic nitrogens is 6. The molecule has 0 aliphatic heterocycles. The number of hydrogen-bond donors (Lipinski definition) is 3. The summed E-state index contributed by atoms with van der Waals surface area (Å²) < 4.78 is 0. The molecule has 0 saturated heterocycles. The Labute approximate surface area is 153 Å². The van der Waals surface area contributed by atoms with Crippen LogP contribution in [-0.2, 0) is 0 Å². The lowest BCUT2D eigenvalue weighted by Gasteiger charge is -1.98. The van der Waals surface area contributed by atoms with Crippen LogP contribution in [0.15, 0.2) is 66.7 Å². The fourth-order valence-corrected chi connectivity index (χ4v) is 3.50. The van der Waals surface area contributed by atoms with Crippen molar-refractivity contribution >= 4 is 33.0 Å². The quantitative estimate of drug-likeness (QED) is 0.425. The van der Waals surface area contributed by atoms with Gasteiger partial charge in [-0.15, -0.1) is 0 Å². The normalized spacial score (nSPS) is 11.7. The molecule has 0 bridgehead atoms. The van der Waals surface area contributed by atoms with Gasteiger partial charge >= 0.3 is 0 Å². The van der Waals surface area contributed by atoms with E-state index >= 15 is 0 Å². The van der Waals surface area contributed by atoms with Gasteiger partial charge in [0.05, 0.1) is 27.6 Å². The Morgan fingerprint density at radius 3 is 2.04 bits per heavy atom. The summed E-state index contributed by atoms with van der Waals surface area (Å²) in [6, 6.07) is 22.2. The molecule has 0 amide bonds. The number of nitrogens with zero attached hydrogens (tertiary/aromatic N) is 3. The van der Waals surface area contributed by atoms with Gasteiger partial charge in [0.2, 0.25) is 0 Å². The van der Waals surface area contributed by atoms with E-state index in [-0.39, 0.29) is 0 Å². The van der Waals surface area contributed by atoms with Crippen LogP contribution in [0.3, 0.4) is 0 Å². The molecule has 6 heteroatoms. The first-order valence-electron chi connectivity index (χ1n) is 8.73. The maximum Gasteiger partial charge on any atom is 0.159 e. The van der Waals surface area contributed by atoms with Crippen molar-refractivity contribution < 1.29 is 0 Å². The minimum absolute atomic E-state index is 0.754. The molecule has 0 radical (unpaired) electrons. The summed E-state index contributed by atoms with van der Waals surface area (Å²) >= 11 is 0. The number of H-pyrrole nitrogens is 3. The summed E-state index contributed by atoms with van der Waals surface area (Å²) in [7, 11) is 0. The molecule has 0 aliphatic carbocycles. The maximum atomic E-state index is 4.70. The molecule has 3 aromatic carbocycles. The highest BCUT2D eigenvalue weighted by Crippen LogP contribution is 2.30. The van der Waals surface area contributed by atoms with E-state index in [9.17, 15) is 0 Å². The molecule has 0 atom stereocenters. The first kappa shape index (κ1) is 14.3. The zero-order chi connectivity index (χ0) is 17.8. The first-order chi connectivity index (χ1) is 13.3. The second kappa shape index (κ2) is 5.28. The molecule has 6 nitrogen and oxygen atoms in total. The van der Waals surface area contributed by atoms with Gasteiger partial charge in [-0.25, -0.2) is 9.97 Å². The highest BCUT2D eigenvalue weighted by Gasteiger charge is 2.14. The lowest BCUT2D eigenvalue weighted by Crippen LogP contribution is -1.83. The Morgan fingerprint density at radius 2 is 1.30 bits per heavy atom. The third kappa shape index (κ3) is 2.17. The number of nitrogens with one attached hydrogen (secondary N) is 3. The van der Waals surface area contributed by atoms with E-state index in [4.69, 9.17) is 4.98 Å². The Morgan fingerprint density at radius 1 is 0.630 bits per heavy atom.